The monoisotopic (exact) mass is 476 g/mol. The van der Waals surface area contributed by atoms with Crippen molar-refractivity contribution in [2.24, 2.45) is 5.92 Å². The summed E-state index contributed by atoms with van der Waals surface area (Å²) < 4.78 is 34.5. The molecule has 2 aliphatic heterocycles. The summed E-state index contributed by atoms with van der Waals surface area (Å²) in [7, 11) is -3.24. The van der Waals surface area contributed by atoms with E-state index in [4.69, 9.17) is 9.47 Å². The van der Waals surface area contributed by atoms with Crippen LogP contribution in [0, 0.1) is 5.92 Å². The van der Waals surface area contributed by atoms with Gasteiger partial charge in [-0.3, -0.25) is 0 Å². The van der Waals surface area contributed by atoms with E-state index in [1.54, 1.807) is 36.7 Å². The van der Waals surface area contributed by atoms with Gasteiger partial charge < -0.3 is 24.4 Å². The molecule has 178 valence electrons. The third kappa shape index (κ3) is 4.74. The second-order valence-corrected chi connectivity index (χ2v) is 10.8. The molecule has 2 saturated heterocycles. The van der Waals surface area contributed by atoms with Crippen molar-refractivity contribution in [3.8, 4) is 5.75 Å². The van der Waals surface area contributed by atoms with Crippen LogP contribution in [0.1, 0.15) is 19.4 Å². The fraction of sp³-hybridized carbons (Fsp3) is 0.500. The van der Waals surface area contributed by atoms with Crippen LogP contribution in [0.25, 0.3) is 0 Å². The number of amides is 1. The number of hydrogen-bond donors (Lipinski definition) is 1. The third-order valence-corrected chi connectivity index (χ3v) is 7.64. The molecule has 2 fully saturated rings. The number of anilines is 1. The van der Waals surface area contributed by atoms with E-state index in [2.05, 4.69) is 14.9 Å². The van der Waals surface area contributed by atoms with Gasteiger partial charge in [-0.2, -0.15) is 0 Å². The zero-order valence-electron chi connectivity index (χ0n) is 18.8. The number of rotatable bonds is 6. The summed E-state index contributed by atoms with van der Waals surface area (Å²) in [6.45, 7) is 6.07. The SMILES string of the molecule is CC1OCC1[C@]1(C)CN(C(=O)O)CCN1c1ncc(OCc2ccc(S(C)(=O)=O)cc2)cn1. The van der Waals surface area contributed by atoms with Crippen molar-refractivity contribution in [1.29, 1.82) is 0 Å². The second kappa shape index (κ2) is 8.79. The summed E-state index contributed by atoms with van der Waals surface area (Å²) in [4.78, 5) is 24.4. The van der Waals surface area contributed by atoms with Gasteiger partial charge in [-0.1, -0.05) is 12.1 Å². The van der Waals surface area contributed by atoms with Gasteiger partial charge in [0.15, 0.2) is 15.6 Å². The van der Waals surface area contributed by atoms with Crippen molar-refractivity contribution in [2.45, 2.75) is 37.0 Å². The summed E-state index contributed by atoms with van der Waals surface area (Å²) in [5, 5.41) is 9.51. The Balaban J connectivity index is 1.46. The highest BCUT2D eigenvalue weighted by atomic mass is 32.2. The number of ether oxygens (including phenoxy) is 2. The Kier molecular flexibility index (Phi) is 6.19. The van der Waals surface area contributed by atoms with Crippen molar-refractivity contribution in [3.63, 3.8) is 0 Å². The number of hydrogen-bond acceptors (Lipinski definition) is 8. The predicted molar refractivity (Wildman–Crippen MR) is 120 cm³/mol. The molecule has 10 nitrogen and oxygen atoms in total. The minimum absolute atomic E-state index is 0.0305. The highest BCUT2D eigenvalue weighted by molar-refractivity contribution is 7.90. The van der Waals surface area contributed by atoms with Crippen molar-refractivity contribution in [1.82, 2.24) is 14.9 Å². The minimum Gasteiger partial charge on any atom is -0.486 e. The first-order valence-corrected chi connectivity index (χ1v) is 12.6. The third-order valence-electron chi connectivity index (χ3n) is 6.51. The Morgan fingerprint density at radius 1 is 1.24 bits per heavy atom. The largest absolute Gasteiger partial charge is 0.486 e. The summed E-state index contributed by atoms with van der Waals surface area (Å²) in [5.41, 5.74) is 0.334. The number of aromatic nitrogens is 2. The first-order valence-electron chi connectivity index (χ1n) is 10.7. The lowest BCUT2D eigenvalue weighted by Crippen LogP contribution is -2.70. The van der Waals surface area contributed by atoms with E-state index in [9.17, 15) is 18.3 Å². The second-order valence-electron chi connectivity index (χ2n) is 8.78. The molecule has 0 bridgehead atoms. The van der Waals surface area contributed by atoms with Gasteiger partial charge in [0.25, 0.3) is 0 Å². The summed E-state index contributed by atoms with van der Waals surface area (Å²) in [6, 6.07) is 6.52. The van der Waals surface area contributed by atoms with Crippen LogP contribution in [0.4, 0.5) is 10.7 Å². The molecule has 1 N–H and O–H groups in total. The van der Waals surface area contributed by atoms with Crippen molar-refractivity contribution < 1.29 is 27.8 Å². The van der Waals surface area contributed by atoms with E-state index in [1.165, 1.54) is 11.2 Å². The molecule has 33 heavy (non-hydrogen) atoms. The zero-order valence-corrected chi connectivity index (χ0v) is 19.7. The molecule has 0 spiro atoms. The molecule has 1 aromatic carbocycles. The maximum absolute atomic E-state index is 11.6. The molecule has 1 amide bonds. The van der Waals surface area contributed by atoms with E-state index >= 15 is 0 Å². The van der Waals surface area contributed by atoms with Crippen molar-refractivity contribution >= 4 is 21.9 Å². The average Bonchev–Trinajstić information content (AvgIpc) is 2.76. The van der Waals surface area contributed by atoms with E-state index in [1.807, 2.05) is 13.8 Å². The molecule has 2 unspecified atom stereocenters. The van der Waals surface area contributed by atoms with Crippen LogP contribution in [-0.4, -0.2) is 78.6 Å². The molecular formula is C22H28N4O6S. The van der Waals surface area contributed by atoms with Crippen LogP contribution in [0.15, 0.2) is 41.6 Å². The van der Waals surface area contributed by atoms with E-state index in [0.717, 1.165) is 5.56 Å². The molecule has 3 atom stereocenters. The lowest BCUT2D eigenvalue weighted by molar-refractivity contribution is -0.138. The van der Waals surface area contributed by atoms with Gasteiger partial charge in [0.1, 0.15) is 6.61 Å². The van der Waals surface area contributed by atoms with Gasteiger partial charge in [-0.25, -0.2) is 23.2 Å². The highest BCUT2D eigenvalue weighted by Gasteiger charge is 2.51. The number of piperazine rings is 1. The Morgan fingerprint density at radius 3 is 2.42 bits per heavy atom. The highest BCUT2D eigenvalue weighted by Crippen LogP contribution is 2.39. The normalized spacial score (nSPS) is 25.4. The van der Waals surface area contributed by atoms with E-state index < -0.39 is 21.5 Å². The number of benzene rings is 1. The van der Waals surface area contributed by atoms with Crippen LogP contribution in [-0.2, 0) is 21.2 Å². The molecule has 4 rings (SSSR count). The van der Waals surface area contributed by atoms with Gasteiger partial charge in [0, 0.05) is 31.8 Å². The first-order chi connectivity index (χ1) is 15.6. The lowest BCUT2D eigenvalue weighted by Gasteiger charge is -2.56. The smallest absolute Gasteiger partial charge is 0.407 e. The molecular weight excluding hydrogens is 448 g/mol. The van der Waals surface area contributed by atoms with Crippen LogP contribution in [0.5, 0.6) is 5.75 Å². The standard InChI is InChI=1S/C22H28N4O6S/c1-15-19(13-31-15)22(2)14-25(21(27)28)8-9-26(22)20-23-10-17(11-24-20)32-12-16-4-6-18(7-5-16)33(3,29)30/h4-7,10-11,15,19H,8-9,12-14H2,1-3H3,(H,27,28)/t15?,19?,22-/m0/s1. The maximum atomic E-state index is 11.6. The number of carbonyl (C=O) groups is 1. The minimum atomic E-state index is -3.24. The Morgan fingerprint density at radius 2 is 1.91 bits per heavy atom. The summed E-state index contributed by atoms with van der Waals surface area (Å²) >= 11 is 0. The number of nitrogens with zero attached hydrogens (tertiary/aromatic N) is 4. The quantitative estimate of drug-likeness (QED) is 0.667. The van der Waals surface area contributed by atoms with Gasteiger partial charge in [-0.15, -0.1) is 0 Å². The van der Waals surface area contributed by atoms with Crippen LogP contribution in [0.3, 0.4) is 0 Å². The predicted octanol–water partition coefficient (Wildman–Crippen LogP) is 2.05. The van der Waals surface area contributed by atoms with Crippen molar-refractivity contribution in [3.05, 3.63) is 42.2 Å². The van der Waals surface area contributed by atoms with Crippen molar-refractivity contribution in [2.75, 3.05) is 37.4 Å². The molecule has 0 aliphatic carbocycles. The Labute approximate surface area is 193 Å². The Hall–Kier alpha value is -2.92. The number of carboxylic acid groups (broad SMARTS) is 1. The fourth-order valence-corrected chi connectivity index (χ4v) is 5.06. The molecule has 0 radical (unpaired) electrons. The van der Waals surface area contributed by atoms with E-state index in [-0.39, 0.29) is 23.5 Å². The molecule has 3 heterocycles. The summed E-state index contributed by atoms with van der Waals surface area (Å²) in [5.74, 6) is 1.16. The van der Waals surface area contributed by atoms with Crippen LogP contribution < -0.4 is 9.64 Å². The van der Waals surface area contributed by atoms with Crippen LogP contribution >= 0.6 is 0 Å². The van der Waals surface area contributed by atoms with Crippen LogP contribution in [0.2, 0.25) is 0 Å². The van der Waals surface area contributed by atoms with Gasteiger partial charge in [0.05, 0.1) is 35.5 Å². The van der Waals surface area contributed by atoms with E-state index in [0.29, 0.717) is 37.9 Å². The van der Waals surface area contributed by atoms with Gasteiger partial charge >= 0.3 is 6.09 Å². The Bertz CT molecular complexity index is 1110. The van der Waals surface area contributed by atoms with Gasteiger partial charge in [0.2, 0.25) is 5.95 Å². The molecule has 2 aromatic rings. The fourth-order valence-electron chi connectivity index (χ4n) is 4.43. The number of sulfone groups is 1. The summed E-state index contributed by atoms with van der Waals surface area (Å²) in [6.07, 6.45) is 3.46. The zero-order chi connectivity index (χ0) is 23.8. The topological polar surface area (TPSA) is 122 Å². The lowest BCUT2D eigenvalue weighted by atomic mass is 9.76. The molecule has 0 saturated carbocycles. The maximum Gasteiger partial charge on any atom is 0.407 e. The molecule has 2 aliphatic rings. The first kappa shape index (κ1) is 23.2. The van der Waals surface area contributed by atoms with Gasteiger partial charge in [-0.05, 0) is 31.5 Å². The molecule has 1 aromatic heterocycles. The average molecular weight is 477 g/mol. The molecule has 11 heteroatoms.